The zero-order chi connectivity index (χ0) is 15.3. The highest BCUT2D eigenvalue weighted by Gasteiger charge is 2.65. The van der Waals surface area contributed by atoms with Gasteiger partial charge in [0.05, 0.1) is 13.5 Å². The number of aromatic amines is 1. The van der Waals surface area contributed by atoms with Gasteiger partial charge in [-0.25, -0.2) is 0 Å². The lowest BCUT2D eigenvalue weighted by molar-refractivity contribution is -0.166. The summed E-state index contributed by atoms with van der Waals surface area (Å²) < 4.78 is 43.6. The molecule has 110 valence electrons. The zero-order valence-corrected chi connectivity index (χ0v) is 10.9. The molecule has 3 rings (SSSR count). The topological polar surface area (TPSA) is 66.8 Å². The fourth-order valence-electron chi connectivity index (χ4n) is 2.21. The molecular weight excluding hydrogens is 287 g/mol. The first-order valence-electron chi connectivity index (χ1n) is 6.05. The summed E-state index contributed by atoms with van der Waals surface area (Å²) in [6.07, 6.45) is -3.01. The van der Waals surface area contributed by atoms with Gasteiger partial charge in [-0.3, -0.25) is 4.79 Å². The molecule has 0 unspecified atom stereocenters. The third-order valence-corrected chi connectivity index (χ3v) is 3.43. The number of hydrogen-bond acceptors (Lipinski definition) is 4. The number of benzene rings is 1. The van der Waals surface area contributed by atoms with E-state index in [0.29, 0.717) is 16.5 Å². The van der Waals surface area contributed by atoms with E-state index in [1.54, 1.807) is 6.20 Å². The largest absolute Gasteiger partial charge is 0.469 e. The van der Waals surface area contributed by atoms with E-state index in [9.17, 15) is 18.0 Å². The molecule has 8 heteroatoms. The average Bonchev–Trinajstić information content (AvgIpc) is 3.17. The Bertz CT molecular complexity index is 743. The van der Waals surface area contributed by atoms with Gasteiger partial charge in [-0.1, -0.05) is 6.07 Å². The van der Waals surface area contributed by atoms with Crippen LogP contribution in [-0.4, -0.2) is 24.2 Å². The summed E-state index contributed by atoms with van der Waals surface area (Å²) in [6, 6.07) is 4.20. The molecule has 0 spiro atoms. The molecule has 0 fully saturated rings. The maximum Gasteiger partial charge on any atom is 0.442 e. The highest BCUT2D eigenvalue weighted by molar-refractivity contribution is 5.88. The molecule has 1 aromatic carbocycles. The van der Waals surface area contributed by atoms with Crippen LogP contribution in [0.2, 0.25) is 0 Å². The first-order valence-corrected chi connectivity index (χ1v) is 6.05. The van der Waals surface area contributed by atoms with Crippen molar-refractivity contribution >= 4 is 16.9 Å². The van der Waals surface area contributed by atoms with Gasteiger partial charge in [0.15, 0.2) is 0 Å². The summed E-state index contributed by atoms with van der Waals surface area (Å²) in [7, 11) is 1.25. The Hall–Kier alpha value is -2.38. The van der Waals surface area contributed by atoms with Gasteiger partial charge >= 0.3 is 17.8 Å². The minimum Gasteiger partial charge on any atom is -0.469 e. The molecule has 1 N–H and O–H groups in total. The quantitative estimate of drug-likeness (QED) is 0.885. The van der Waals surface area contributed by atoms with E-state index in [-0.39, 0.29) is 12.0 Å². The highest BCUT2D eigenvalue weighted by atomic mass is 19.4. The molecule has 0 atom stereocenters. The van der Waals surface area contributed by atoms with Gasteiger partial charge in [-0.05, 0) is 17.7 Å². The van der Waals surface area contributed by atoms with Crippen LogP contribution in [0.3, 0.4) is 0 Å². The fourth-order valence-corrected chi connectivity index (χ4v) is 2.21. The highest BCUT2D eigenvalue weighted by Crippen LogP contribution is 2.52. The van der Waals surface area contributed by atoms with Gasteiger partial charge < -0.3 is 9.72 Å². The van der Waals surface area contributed by atoms with E-state index in [1.165, 1.54) is 25.3 Å². The Kier molecular flexibility index (Phi) is 2.79. The first kappa shape index (κ1) is 13.6. The summed E-state index contributed by atoms with van der Waals surface area (Å²) in [5.74, 6) is -0.465. The number of alkyl halides is 3. The second kappa shape index (κ2) is 4.31. The molecule has 0 radical (unpaired) electrons. The Morgan fingerprint density at radius 3 is 2.67 bits per heavy atom. The van der Waals surface area contributed by atoms with Crippen molar-refractivity contribution < 1.29 is 22.7 Å². The number of H-pyrrole nitrogens is 1. The molecule has 0 saturated carbocycles. The number of ether oxygens (including phenoxy) is 1. The van der Waals surface area contributed by atoms with E-state index >= 15 is 0 Å². The van der Waals surface area contributed by atoms with Gasteiger partial charge in [0.25, 0.3) is 0 Å². The maximum atomic E-state index is 13.0. The Balaban J connectivity index is 2.04. The Morgan fingerprint density at radius 1 is 1.38 bits per heavy atom. The third-order valence-electron chi connectivity index (χ3n) is 3.43. The van der Waals surface area contributed by atoms with Gasteiger partial charge in [0.2, 0.25) is 0 Å². The number of fused-ring (bicyclic) bond motifs is 1. The summed E-state index contributed by atoms with van der Waals surface area (Å²) in [5, 5.41) is 6.87. The Labute approximate surface area is 116 Å². The van der Waals surface area contributed by atoms with Gasteiger partial charge in [0, 0.05) is 22.7 Å². The second-order valence-electron chi connectivity index (χ2n) is 4.70. The summed E-state index contributed by atoms with van der Waals surface area (Å²) >= 11 is 0. The van der Waals surface area contributed by atoms with Crippen molar-refractivity contribution in [2.75, 3.05) is 7.11 Å². The number of hydrogen-bond donors (Lipinski definition) is 1. The van der Waals surface area contributed by atoms with Crippen molar-refractivity contribution in [3.8, 4) is 0 Å². The summed E-state index contributed by atoms with van der Waals surface area (Å²) in [4.78, 5) is 14.2. The summed E-state index contributed by atoms with van der Waals surface area (Å²) in [6.45, 7) is 0. The molecule has 21 heavy (non-hydrogen) atoms. The smallest absolute Gasteiger partial charge is 0.442 e. The van der Waals surface area contributed by atoms with E-state index in [4.69, 9.17) is 0 Å². The van der Waals surface area contributed by atoms with Gasteiger partial charge in [-0.15, -0.1) is 10.2 Å². The number of esters is 1. The van der Waals surface area contributed by atoms with Crippen LogP contribution in [0.5, 0.6) is 0 Å². The molecule has 1 aromatic heterocycles. The molecular formula is C13H10F3N3O2. The third kappa shape index (κ3) is 2.07. The number of rotatable bonds is 3. The molecule has 0 amide bonds. The van der Waals surface area contributed by atoms with Gasteiger partial charge in [-0.2, -0.15) is 13.2 Å². The molecule has 1 aliphatic rings. The zero-order valence-electron chi connectivity index (χ0n) is 10.9. The van der Waals surface area contributed by atoms with E-state index in [0.717, 1.165) is 0 Å². The van der Waals surface area contributed by atoms with Crippen molar-refractivity contribution in [1.29, 1.82) is 0 Å². The predicted molar refractivity (Wildman–Crippen MR) is 66.6 cm³/mol. The maximum absolute atomic E-state index is 13.0. The number of nitrogens with zero attached hydrogens (tertiary/aromatic N) is 2. The van der Waals surface area contributed by atoms with Crippen molar-refractivity contribution in [2.45, 2.75) is 18.3 Å². The van der Waals surface area contributed by atoms with Crippen molar-refractivity contribution in [2.24, 2.45) is 10.2 Å². The normalized spacial score (nSPS) is 16.2. The molecule has 5 nitrogen and oxygen atoms in total. The fraction of sp³-hybridized carbons (Fsp3) is 0.308. The van der Waals surface area contributed by atoms with Crippen LogP contribution in [0, 0.1) is 0 Å². The number of carbonyl (C=O) groups excluding carboxylic acids is 1. The van der Waals surface area contributed by atoms with Crippen LogP contribution >= 0.6 is 0 Å². The first-order chi connectivity index (χ1) is 9.87. The van der Waals surface area contributed by atoms with Gasteiger partial charge in [0.1, 0.15) is 0 Å². The van der Waals surface area contributed by atoms with E-state index < -0.39 is 17.8 Å². The van der Waals surface area contributed by atoms with Crippen LogP contribution in [-0.2, 0) is 21.6 Å². The second-order valence-corrected chi connectivity index (χ2v) is 4.70. The molecule has 2 aromatic rings. The lowest BCUT2D eigenvalue weighted by Crippen LogP contribution is -2.30. The summed E-state index contributed by atoms with van der Waals surface area (Å²) in [5.41, 5.74) is -1.32. The molecule has 0 bridgehead atoms. The SMILES string of the molecule is COC(=O)Cc1c[nH]c2ccc(C3(C(F)(F)F)N=N3)cc12. The lowest BCUT2D eigenvalue weighted by Gasteiger charge is -2.14. The Morgan fingerprint density at radius 2 is 2.10 bits per heavy atom. The van der Waals surface area contributed by atoms with Crippen molar-refractivity contribution in [3.05, 3.63) is 35.5 Å². The molecule has 0 aliphatic carbocycles. The van der Waals surface area contributed by atoms with E-state index in [1.807, 2.05) is 0 Å². The van der Waals surface area contributed by atoms with E-state index in [2.05, 4.69) is 19.9 Å². The molecule has 0 saturated heterocycles. The van der Waals surface area contributed by atoms with Crippen LogP contribution < -0.4 is 0 Å². The molecule has 2 heterocycles. The predicted octanol–water partition coefficient (Wildman–Crippen LogP) is 3.06. The minimum absolute atomic E-state index is 0.0206. The minimum atomic E-state index is -4.57. The number of halogens is 3. The number of methoxy groups -OCH3 is 1. The van der Waals surface area contributed by atoms with Crippen LogP contribution in [0.4, 0.5) is 13.2 Å². The van der Waals surface area contributed by atoms with Crippen LogP contribution in [0.25, 0.3) is 10.9 Å². The van der Waals surface area contributed by atoms with Crippen molar-refractivity contribution in [3.63, 3.8) is 0 Å². The number of aromatic nitrogens is 1. The van der Waals surface area contributed by atoms with Crippen molar-refractivity contribution in [1.82, 2.24) is 4.98 Å². The van der Waals surface area contributed by atoms with Crippen LogP contribution in [0.15, 0.2) is 34.6 Å². The molecule has 1 aliphatic heterocycles. The van der Waals surface area contributed by atoms with Crippen LogP contribution in [0.1, 0.15) is 11.1 Å². The number of carbonyl (C=O) groups is 1. The average molecular weight is 297 g/mol. The number of nitrogens with one attached hydrogen (secondary N) is 1. The lowest BCUT2D eigenvalue weighted by atomic mass is 9.99. The standard InChI is InChI=1S/C13H10F3N3O2/c1-21-11(20)4-7-6-17-10-3-2-8(5-9(7)10)12(18-19-12)13(14,15)16/h2-3,5-6,17H,4H2,1H3. The monoisotopic (exact) mass is 297 g/mol.